The van der Waals surface area contributed by atoms with E-state index in [-0.39, 0.29) is 11.2 Å². The van der Waals surface area contributed by atoms with E-state index in [2.05, 4.69) is 51.7 Å². The molecule has 3 aromatic carbocycles. The molecule has 0 spiro atoms. The summed E-state index contributed by atoms with van der Waals surface area (Å²) in [6.07, 6.45) is 1.72. The fourth-order valence-corrected chi connectivity index (χ4v) is 3.51. The van der Waals surface area contributed by atoms with E-state index in [9.17, 15) is 0 Å². The summed E-state index contributed by atoms with van der Waals surface area (Å²) in [6.45, 7) is 11.2. The highest BCUT2D eigenvalue weighted by atomic mass is 16.5. The Morgan fingerprint density at radius 2 is 1.12 bits per heavy atom. The molecule has 0 amide bonds. The van der Waals surface area contributed by atoms with E-state index >= 15 is 0 Å². The van der Waals surface area contributed by atoms with Crippen LogP contribution in [0.1, 0.15) is 47.5 Å². The molecule has 0 bridgehead atoms. The van der Waals surface area contributed by atoms with Crippen molar-refractivity contribution in [1.82, 2.24) is 0 Å². The van der Waals surface area contributed by atoms with Gasteiger partial charge in [-0.05, 0) is 107 Å². The van der Waals surface area contributed by atoms with Crippen molar-refractivity contribution in [1.29, 1.82) is 0 Å². The minimum Gasteiger partial charge on any atom is -0.488 e. The van der Waals surface area contributed by atoms with Gasteiger partial charge in [-0.15, -0.1) is 0 Å². The average Bonchev–Trinajstić information content (AvgIpc) is 2.77. The smallest absolute Gasteiger partial charge is 0.120 e. The van der Waals surface area contributed by atoms with Gasteiger partial charge in [-0.25, -0.2) is 0 Å². The number of benzene rings is 3. The predicted molar refractivity (Wildman–Crippen MR) is 140 cm³/mol. The largest absolute Gasteiger partial charge is 0.488 e. The minimum atomic E-state index is -0.291. The second-order valence-corrected chi connectivity index (χ2v) is 9.63. The van der Waals surface area contributed by atoms with Gasteiger partial charge in [0.25, 0.3) is 0 Å². The van der Waals surface area contributed by atoms with Crippen LogP contribution in [0.15, 0.2) is 72.8 Å². The molecule has 0 aliphatic carbocycles. The molecular formula is C28H37N3O2. The van der Waals surface area contributed by atoms with E-state index in [0.29, 0.717) is 6.61 Å². The molecule has 0 saturated heterocycles. The van der Waals surface area contributed by atoms with Crippen molar-refractivity contribution in [2.75, 3.05) is 23.0 Å². The van der Waals surface area contributed by atoms with Gasteiger partial charge in [-0.1, -0.05) is 6.92 Å². The maximum Gasteiger partial charge on any atom is 0.120 e. The second-order valence-electron chi connectivity index (χ2n) is 9.63. The van der Waals surface area contributed by atoms with E-state index in [1.165, 1.54) is 0 Å². The van der Waals surface area contributed by atoms with Gasteiger partial charge < -0.3 is 25.8 Å². The number of hydrogen-bond acceptors (Lipinski definition) is 5. The number of hydrogen-bond donors (Lipinski definition) is 2. The van der Waals surface area contributed by atoms with Crippen LogP contribution >= 0.6 is 0 Å². The molecule has 0 aliphatic rings. The molecule has 33 heavy (non-hydrogen) atoms. The zero-order chi connectivity index (χ0) is 24.1. The molecule has 5 nitrogen and oxygen atoms in total. The maximum atomic E-state index is 6.41. The van der Waals surface area contributed by atoms with Crippen LogP contribution in [0.3, 0.4) is 0 Å². The zero-order valence-electron chi connectivity index (χ0n) is 20.5. The monoisotopic (exact) mass is 447 g/mol. The number of nitrogens with two attached hydrogens (primary N) is 2. The first-order chi connectivity index (χ1) is 15.6. The lowest BCUT2D eigenvalue weighted by molar-refractivity contribution is -0.0344. The predicted octanol–water partition coefficient (Wildman–Crippen LogP) is 7.07. The summed E-state index contributed by atoms with van der Waals surface area (Å²) in [7, 11) is 0. The van der Waals surface area contributed by atoms with Crippen molar-refractivity contribution in [2.45, 2.75) is 58.7 Å². The van der Waals surface area contributed by atoms with Crippen LogP contribution in [-0.2, 0) is 4.74 Å². The number of nitrogen functional groups attached to an aromatic ring is 2. The summed E-state index contributed by atoms with van der Waals surface area (Å²) in [5.41, 5.74) is 15.9. The first-order valence-electron chi connectivity index (χ1n) is 11.5. The number of ether oxygens (including phenoxy) is 2. The lowest BCUT2D eigenvalue weighted by Gasteiger charge is -2.31. The van der Waals surface area contributed by atoms with E-state index in [4.69, 9.17) is 20.9 Å². The van der Waals surface area contributed by atoms with Gasteiger partial charge >= 0.3 is 0 Å². The third-order valence-electron chi connectivity index (χ3n) is 5.68. The van der Waals surface area contributed by atoms with E-state index in [0.717, 1.165) is 47.0 Å². The molecule has 3 rings (SSSR count). The van der Waals surface area contributed by atoms with Crippen LogP contribution in [0, 0.1) is 0 Å². The number of nitrogens with zero attached hydrogens (tertiary/aromatic N) is 1. The van der Waals surface area contributed by atoms with E-state index < -0.39 is 0 Å². The van der Waals surface area contributed by atoms with Gasteiger partial charge in [0.05, 0.1) is 12.2 Å². The fraction of sp³-hybridized carbons (Fsp3) is 0.357. The number of rotatable bonds is 9. The minimum absolute atomic E-state index is 0.149. The van der Waals surface area contributed by atoms with Gasteiger partial charge in [0, 0.05) is 34.9 Å². The Morgan fingerprint density at radius 1 is 0.697 bits per heavy atom. The Labute approximate surface area is 198 Å². The maximum absolute atomic E-state index is 6.41. The van der Waals surface area contributed by atoms with Crippen LogP contribution in [0.25, 0.3) is 0 Å². The average molecular weight is 448 g/mol. The second kappa shape index (κ2) is 10.2. The molecule has 0 radical (unpaired) electrons. The molecule has 0 aromatic heterocycles. The topological polar surface area (TPSA) is 73.7 Å². The lowest BCUT2D eigenvalue weighted by Crippen LogP contribution is -2.34. The van der Waals surface area contributed by atoms with Gasteiger partial charge in [0.1, 0.15) is 11.4 Å². The van der Waals surface area contributed by atoms with E-state index in [1.807, 2.05) is 60.7 Å². The third kappa shape index (κ3) is 6.90. The summed E-state index contributed by atoms with van der Waals surface area (Å²) < 4.78 is 12.3. The van der Waals surface area contributed by atoms with Crippen LogP contribution in [0.5, 0.6) is 5.75 Å². The highest BCUT2D eigenvalue weighted by Crippen LogP contribution is 2.36. The molecule has 1 unspecified atom stereocenters. The zero-order valence-corrected chi connectivity index (χ0v) is 20.5. The Balaban J connectivity index is 1.82. The normalized spacial score (nSPS) is 13.4. The third-order valence-corrected chi connectivity index (χ3v) is 5.68. The molecule has 176 valence electrons. The van der Waals surface area contributed by atoms with E-state index in [1.54, 1.807) is 0 Å². The van der Waals surface area contributed by atoms with Crippen LogP contribution < -0.4 is 21.1 Å². The lowest BCUT2D eigenvalue weighted by atomic mass is 9.99. The van der Waals surface area contributed by atoms with Gasteiger partial charge in [0.2, 0.25) is 0 Å². The van der Waals surface area contributed by atoms with Crippen molar-refractivity contribution in [2.24, 2.45) is 0 Å². The molecule has 0 heterocycles. The highest BCUT2D eigenvalue weighted by Gasteiger charge is 2.25. The Bertz CT molecular complexity index is 964. The summed E-state index contributed by atoms with van der Waals surface area (Å²) in [6, 6.07) is 23.9. The van der Waals surface area contributed by atoms with Crippen molar-refractivity contribution < 1.29 is 9.47 Å². The SMILES string of the molecule is CCC(C)(CCOC(C)(C)C)Oc1ccc(N(c2ccc(N)cc2)c2ccc(N)cc2)cc1. The molecule has 3 aromatic rings. The molecule has 5 heteroatoms. The van der Waals surface area contributed by atoms with Crippen LogP contribution in [0.2, 0.25) is 0 Å². The Morgan fingerprint density at radius 3 is 1.52 bits per heavy atom. The molecule has 4 N–H and O–H groups in total. The summed E-state index contributed by atoms with van der Waals surface area (Å²) in [5, 5.41) is 0. The van der Waals surface area contributed by atoms with Crippen molar-refractivity contribution in [3.05, 3.63) is 72.8 Å². The summed E-state index contributed by atoms with van der Waals surface area (Å²) >= 11 is 0. The number of anilines is 5. The quantitative estimate of drug-likeness (QED) is 0.343. The first kappa shape index (κ1) is 24.5. The van der Waals surface area contributed by atoms with Crippen molar-refractivity contribution in [3.8, 4) is 5.75 Å². The summed E-state index contributed by atoms with van der Waals surface area (Å²) in [5.74, 6) is 0.841. The molecule has 0 aliphatic heterocycles. The molecule has 0 fully saturated rings. The van der Waals surface area contributed by atoms with Crippen molar-refractivity contribution in [3.63, 3.8) is 0 Å². The molecule has 0 saturated carbocycles. The fourth-order valence-electron chi connectivity index (χ4n) is 3.51. The standard InChI is InChI=1S/C28H37N3O2/c1-6-28(5,19-20-32-27(2,3)4)33-26-17-15-25(16-18-26)31(23-11-7-21(29)8-12-23)24-13-9-22(30)10-14-24/h7-18H,6,19-20,29-30H2,1-5H3. The van der Waals surface area contributed by atoms with Gasteiger partial charge in [-0.3, -0.25) is 0 Å². The molecule has 1 atom stereocenters. The van der Waals surface area contributed by atoms with Crippen LogP contribution in [-0.4, -0.2) is 17.8 Å². The summed E-state index contributed by atoms with van der Waals surface area (Å²) in [4.78, 5) is 2.17. The van der Waals surface area contributed by atoms with Gasteiger partial charge in [-0.2, -0.15) is 0 Å². The Hall–Kier alpha value is -3.18. The first-order valence-corrected chi connectivity index (χ1v) is 11.5. The molecular weight excluding hydrogens is 410 g/mol. The highest BCUT2D eigenvalue weighted by molar-refractivity contribution is 5.78. The van der Waals surface area contributed by atoms with Crippen LogP contribution in [0.4, 0.5) is 28.4 Å². The van der Waals surface area contributed by atoms with Crippen molar-refractivity contribution >= 4 is 28.4 Å². The Kier molecular flexibility index (Phi) is 7.54. The van der Waals surface area contributed by atoms with Gasteiger partial charge in [0.15, 0.2) is 0 Å².